The highest BCUT2D eigenvalue weighted by Gasteiger charge is 2.22. The van der Waals surface area contributed by atoms with Crippen molar-refractivity contribution in [2.24, 2.45) is 11.3 Å². The lowest BCUT2D eigenvalue weighted by atomic mass is 9.84. The Balaban J connectivity index is 1.89. The van der Waals surface area contributed by atoms with Crippen LogP contribution in [0.4, 0.5) is 0 Å². The van der Waals surface area contributed by atoms with Crippen molar-refractivity contribution in [3.63, 3.8) is 0 Å². The first-order chi connectivity index (χ1) is 8.94. The van der Waals surface area contributed by atoms with E-state index in [-0.39, 0.29) is 0 Å². The molecule has 1 N–H and O–H groups in total. The second-order valence-corrected chi connectivity index (χ2v) is 7.12. The van der Waals surface area contributed by atoms with Crippen LogP contribution in [0, 0.1) is 11.3 Å². The van der Waals surface area contributed by atoms with Crippen LogP contribution < -0.4 is 5.32 Å². The Bertz CT molecular complexity index is 388. The first-order valence-electron chi connectivity index (χ1n) is 7.50. The van der Waals surface area contributed by atoms with Crippen molar-refractivity contribution in [3.8, 4) is 0 Å². The van der Waals surface area contributed by atoms with Gasteiger partial charge in [-0.3, -0.25) is 0 Å². The van der Waals surface area contributed by atoms with Crippen LogP contribution in [0.15, 0.2) is 4.52 Å². The Hall–Kier alpha value is -0.900. The van der Waals surface area contributed by atoms with E-state index in [0.29, 0.717) is 17.4 Å². The van der Waals surface area contributed by atoms with Crippen LogP contribution in [0.25, 0.3) is 0 Å². The molecular weight excluding hydrogens is 238 g/mol. The summed E-state index contributed by atoms with van der Waals surface area (Å²) in [5.74, 6) is 2.21. The molecule has 0 bridgehead atoms. The van der Waals surface area contributed by atoms with Crippen molar-refractivity contribution >= 4 is 0 Å². The maximum Gasteiger partial charge on any atom is 0.226 e. The zero-order valence-electron chi connectivity index (χ0n) is 12.7. The highest BCUT2D eigenvalue weighted by molar-refractivity contribution is 4.96. The molecule has 2 heterocycles. The van der Waals surface area contributed by atoms with Crippen LogP contribution in [-0.2, 0) is 6.42 Å². The first kappa shape index (κ1) is 14.5. The van der Waals surface area contributed by atoms with E-state index in [9.17, 15) is 0 Å². The molecule has 2 unspecified atom stereocenters. The summed E-state index contributed by atoms with van der Waals surface area (Å²) in [5, 5.41) is 7.60. The van der Waals surface area contributed by atoms with Gasteiger partial charge in [-0.2, -0.15) is 4.98 Å². The van der Waals surface area contributed by atoms with E-state index in [4.69, 9.17) is 4.52 Å². The molecule has 4 nitrogen and oxygen atoms in total. The molecule has 0 amide bonds. The summed E-state index contributed by atoms with van der Waals surface area (Å²) in [6.45, 7) is 10.1. The fourth-order valence-corrected chi connectivity index (χ4v) is 2.98. The Morgan fingerprint density at radius 2 is 2.16 bits per heavy atom. The van der Waals surface area contributed by atoms with Crippen LogP contribution in [0.5, 0.6) is 0 Å². The molecule has 0 spiro atoms. The highest BCUT2D eigenvalue weighted by Crippen LogP contribution is 2.26. The molecule has 1 saturated heterocycles. The number of hydrogen-bond acceptors (Lipinski definition) is 4. The number of nitrogens with one attached hydrogen (secondary N) is 1. The molecule has 2 rings (SSSR count). The maximum absolute atomic E-state index is 5.40. The lowest BCUT2D eigenvalue weighted by Gasteiger charge is -2.22. The standard InChI is InChI=1S/C15H27N3O/c1-11(10-15(2,3)4)9-13-17-14(18-19-13)12-7-5-6-8-16-12/h11-12,16H,5-10H2,1-4H3. The van der Waals surface area contributed by atoms with Gasteiger partial charge in [0.05, 0.1) is 6.04 Å². The van der Waals surface area contributed by atoms with Crippen LogP contribution in [0.1, 0.15) is 71.1 Å². The molecular formula is C15H27N3O. The van der Waals surface area contributed by atoms with Gasteiger partial charge in [-0.1, -0.05) is 39.3 Å². The van der Waals surface area contributed by atoms with E-state index in [1.807, 2.05) is 0 Å². The van der Waals surface area contributed by atoms with E-state index in [1.165, 1.54) is 19.3 Å². The average Bonchev–Trinajstić information content (AvgIpc) is 2.76. The van der Waals surface area contributed by atoms with Gasteiger partial charge < -0.3 is 9.84 Å². The number of hydrogen-bond donors (Lipinski definition) is 1. The number of aromatic nitrogens is 2. The van der Waals surface area contributed by atoms with Crippen LogP contribution in [0.3, 0.4) is 0 Å². The summed E-state index contributed by atoms with van der Waals surface area (Å²) in [6.07, 6.45) is 5.69. The number of piperidine rings is 1. The third kappa shape index (κ3) is 4.60. The molecule has 108 valence electrons. The molecule has 2 atom stereocenters. The number of rotatable bonds is 4. The minimum atomic E-state index is 0.296. The zero-order valence-corrected chi connectivity index (χ0v) is 12.7. The third-order valence-corrected chi connectivity index (χ3v) is 3.59. The molecule has 19 heavy (non-hydrogen) atoms. The summed E-state index contributed by atoms with van der Waals surface area (Å²) in [6, 6.07) is 0.296. The molecule has 0 aliphatic carbocycles. The molecule has 1 aromatic rings. The fraction of sp³-hybridized carbons (Fsp3) is 0.867. The number of nitrogens with zero attached hydrogens (tertiary/aromatic N) is 2. The van der Waals surface area contributed by atoms with Crippen molar-refractivity contribution in [2.75, 3.05) is 6.54 Å². The summed E-state index contributed by atoms with van der Waals surface area (Å²) in [4.78, 5) is 4.56. The second-order valence-electron chi connectivity index (χ2n) is 7.12. The quantitative estimate of drug-likeness (QED) is 0.905. The molecule has 0 radical (unpaired) electrons. The Kier molecular flexibility index (Phi) is 4.61. The van der Waals surface area contributed by atoms with Crippen molar-refractivity contribution < 1.29 is 4.52 Å². The zero-order chi connectivity index (χ0) is 13.9. The van der Waals surface area contributed by atoms with Gasteiger partial charge >= 0.3 is 0 Å². The van der Waals surface area contributed by atoms with Gasteiger partial charge in [0.15, 0.2) is 5.82 Å². The van der Waals surface area contributed by atoms with Crippen molar-refractivity contribution in [1.82, 2.24) is 15.5 Å². The Labute approximate surface area is 116 Å². The molecule has 0 aromatic carbocycles. The van der Waals surface area contributed by atoms with E-state index < -0.39 is 0 Å². The van der Waals surface area contributed by atoms with Gasteiger partial charge in [0.1, 0.15) is 0 Å². The van der Waals surface area contributed by atoms with Crippen molar-refractivity contribution in [1.29, 1.82) is 0 Å². The lowest BCUT2D eigenvalue weighted by Crippen LogP contribution is -2.27. The summed E-state index contributed by atoms with van der Waals surface area (Å²) < 4.78 is 5.40. The van der Waals surface area contributed by atoms with E-state index in [0.717, 1.165) is 31.1 Å². The molecule has 1 aromatic heterocycles. The maximum atomic E-state index is 5.40. The van der Waals surface area contributed by atoms with Gasteiger partial charge in [0.2, 0.25) is 5.89 Å². The van der Waals surface area contributed by atoms with Gasteiger partial charge in [-0.15, -0.1) is 0 Å². The summed E-state index contributed by atoms with van der Waals surface area (Å²) in [7, 11) is 0. The van der Waals surface area contributed by atoms with E-state index >= 15 is 0 Å². The smallest absolute Gasteiger partial charge is 0.226 e. The van der Waals surface area contributed by atoms with E-state index in [2.05, 4.69) is 43.2 Å². The van der Waals surface area contributed by atoms with Crippen LogP contribution in [0.2, 0.25) is 0 Å². The van der Waals surface area contributed by atoms with Crippen LogP contribution in [-0.4, -0.2) is 16.7 Å². The Morgan fingerprint density at radius 1 is 1.37 bits per heavy atom. The highest BCUT2D eigenvalue weighted by atomic mass is 16.5. The molecule has 0 saturated carbocycles. The fourth-order valence-electron chi connectivity index (χ4n) is 2.98. The minimum Gasteiger partial charge on any atom is -0.339 e. The van der Waals surface area contributed by atoms with E-state index in [1.54, 1.807) is 0 Å². The van der Waals surface area contributed by atoms with Crippen molar-refractivity contribution in [3.05, 3.63) is 11.7 Å². The molecule has 1 fully saturated rings. The monoisotopic (exact) mass is 265 g/mol. The van der Waals surface area contributed by atoms with Gasteiger partial charge in [-0.05, 0) is 37.1 Å². The normalized spacial score (nSPS) is 22.4. The minimum absolute atomic E-state index is 0.296. The second kappa shape index (κ2) is 6.04. The molecule has 4 heteroatoms. The predicted octanol–water partition coefficient (Wildman–Crippen LogP) is 3.50. The molecule has 1 aliphatic rings. The largest absolute Gasteiger partial charge is 0.339 e. The summed E-state index contributed by atoms with van der Waals surface area (Å²) >= 11 is 0. The van der Waals surface area contributed by atoms with Gasteiger partial charge in [0.25, 0.3) is 0 Å². The lowest BCUT2D eigenvalue weighted by molar-refractivity contribution is 0.281. The van der Waals surface area contributed by atoms with Gasteiger partial charge in [0, 0.05) is 6.42 Å². The SMILES string of the molecule is CC(Cc1nc(C2CCCCN2)no1)CC(C)(C)C. The van der Waals surface area contributed by atoms with Crippen molar-refractivity contribution in [2.45, 2.75) is 65.8 Å². The predicted molar refractivity (Wildman–Crippen MR) is 75.8 cm³/mol. The topological polar surface area (TPSA) is 51.0 Å². The average molecular weight is 265 g/mol. The molecule has 1 aliphatic heterocycles. The van der Waals surface area contributed by atoms with Gasteiger partial charge in [-0.25, -0.2) is 0 Å². The third-order valence-electron chi connectivity index (χ3n) is 3.59. The first-order valence-corrected chi connectivity index (χ1v) is 7.50. The van der Waals surface area contributed by atoms with Crippen LogP contribution >= 0.6 is 0 Å². The Morgan fingerprint density at radius 3 is 2.79 bits per heavy atom. The summed E-state index contributed by atoms with van der Waals surface area (Å²) in [5.41, 5.74) is 0.354.